The van der Waals surface area contributed by atoms with E-state index in [0.717, 1.165) is 26.2 Å². The molecule has 0 aromatic heterocycles. The Morgan fingerprint density at radius 2 is 1.93 bits per heavy atom. The first-order chi connectivity index (χ1) is 6.74. The first-order valence-corrected chi connectivity index (χ1v) is 5.27. The van der Waals surface area contributed by atoms with E-state index in [4.69, 9.17) is 5.73 Å². The Balaban J connectivity index is 1.73. The Morgan fingerprint density at radius 3 is 2.50 bits per heavy atom. The fourth-order valence-corrected chi connectivity index (χ4v) is 1.51. The summed E-state index contributed by atoms with van der Waals surface area (Å²) in [7, 11) is 2.14. The summed E-state index contributed by atoms with van der Waals surface area (Å²) in [5.41, 5.74) is 8.91. The van der Waals surface area contributed by atoms with Crippen LogP contribution in [0.5, 0.6) is 0 Å². The predicted octanol–water partition coefficient (Wildman–Crippen LogP) is -0.784. The summed E-state index contributed by atoms with van der Waals surface area (Å²) in [5, 5.41) is 2.14. The Kier molecular flexibility index (Phi) is 2.88. The second-order valence-corrected chi connectivity index (χ2v) is 4.15. The number of hydrogen-bond acceptors (Lipinski definition) is 3. The molecule has 1 saturated carbocycles. The second kappa shape index (κ2) is 4.14. The van der Waals surface area contributed by atoms with E-state index < -0.39 is 0 Å². The van der Waals surface area contributed by atoms with Gasteiger partial charge in [-0.3, -0.25) is 5.43 Å². The maximum atomic E-state index is 5.76. The molecule has 3 N–H and O–H groups in total. The van der Waals surface area contributed by atoms with E-state index in [1.54, 1.807) is 0 Å². The molecule has 2 fully saturated rings. The maximum Gasteiger partial charge on any atom is 0.203 e. The Morgan fingerprint density at radius 1 is 1.29 bits per heavy atom. The number of piperazine rings is 1. The van der Waals surface area contributed by atoms with Gasteiger partial charge in [0.05, 0.1) is 6.04 Å². The van der Waals surface area contributed by atoms with E-state index in [-0.39, 0.29) is 0 Å². The molecule has 0 spiro atoms. The zero-order valence-corrected chi connectivity index (χ0v) is 8.74. The van der Waals surface area contributed by atoms with E-state index in [1.807, 2.05) is 0 Å². The topological polar surface area (TPSA) is 56.9 Å². The van der Waals surface area contributed by atoms with Gasteiger partial charge in [0.2, 0.25) is 5.96 Å². The Hall–Kier alpha value is -0.810. The monoisotopic (exact) mass is 197 g/mol. The van der Waals surface area contributed by atoms with Crippen molar-refractivity contribution in [3.63, 3.8) is 0 Å². The van der Waals surface area contributed by atoms with Gasteiger partial charge in [0.25, 0.3) is 0 Å². The van der Waals surface area contributed by atoms with Crippen LogP contribution in [0.15, 0.2) is 4.99 Å². The minimum atomic E-state index is 0.495. The van der Waals surface area contributed by atoms with Crippen molar-refractivity contribution in [3.8, 4) is 0 Å². The molecule has 0 bridgehead atoms. The van der Waals surface area contributed by atoms with Crippen molar-refractivity contribution in [2.75, 3.05) is 33.2 Å². The number of hydrogen-bond donors (Lipinski definition) is 2. The standard InChI is InChI=1S/C9H19N5/c1-13-4-6-14(7-5-13)12-9(10)11-8-2-3-8/h8H,2-7H2,1H3,(H3,10,11,12). The van der Waals surface area contributed by atoms with Gasteiger partial charge in [-0.05, 0) is 19.9 Å². The lowest BCUT2D eigenvalue weighted by molar-refractivity contribution is 0.130. The zero-order valence-electron chi connectivity index (χ0n) is 8.74. The third-order valence-electron chi connectivity index (χ3n) is 2.64. The minimum absolute atomic E-state index is 0.495. The molecule has 1 heterocycles. The number of rotatable bonds is 2. The third kappa shape index (κ3) is 2.85. The largest absolute Gasteiger partial charge is 0.369 e. The van der Waals surface area contributed by atoms with Crippen LogP contribution in [0.1, 0.15) is 12.8 Å². The summed E-state index contributed by atoms with van der Waals surface area (Å²) < 4.78 is 0. The van der Waals surface area contributed by atoms with Crippen molar-refractivity contribution in [1.29, 1.82) is 0 Å². The molecule has 2 aliphatic rings. The smallest absolute Gasteiger partial charge is 0.203 e. The van der Waals surface area contributed by atoms with Gasteiger partial charge in [-0.2, -0.15) is 0 Å². The highest BCUT2D eigenvalue weighted by Crippen LogP contribution is 2.22. The summed E-state index contributed by atoms with van der Waals surface area (Å²) in [4.78, 5) is 6.64. The molecule has 5 heteroatoms. The number of nitrogens with two attached hydrogens (primary N) is 1. The molecule has 80 valence electrons. The maximum absolute atomic E-state index is 5.76. The third-order valence-corrected chi connectivity index (χ3v) is 2.64. The summed E-state index contributed by atoms with van der Waals surface area (Å²) in [6.07, 6.45) is 2.40. The highest BCUT2D eigenvalue weighted by molar-refractivity contribution is 5.77. The number of likely N-dealkylation sites (N-methyl/N-ethyl adjacent to an activating group) is 1. The van der Waals surface area contributed by atoms with Crippen molar-refractivity contribution < 1.29 is 0 Å². The molecular weight excluding hydrogens is 178 g/mol. The van der Waals surface area contributed by atoms with Crippen molar-refractivity contribution in [1.82, 2.24) is 15.3 Å². The first kappa shape index (κ1) is 9.73. The van der Waals surface area contributed by atoms with Gasteiger partial charge in [-0.1, -0.05) is 0 Å². The van der Waals surface area contributed by atoms with E-state index in [1.165, 1.54) is 12.8 Å². The summed E-state index contributed by atoms with van der Waals surface area (Å²) in [6, 6.07) is 0.495. The number of hydrazine groups is 1. The molecule has 14 heavy (non-hydrogen) atoms. The van der Waals surface area contributed by atoms with Gasteiger partial charge >= 0.3 is 0 Å². The van der Waals surface area contributed by atoms with Gasteiger partial charge in [-0.25, -0.2) is 10.0 Å². The van der Waals surface area contributed by atoms with Crippen molar-refractivity contribution in [3.05, 3.63) is 0 Å². The van der Waals surface area contributed by atoms with E-state index >= 15 is 0 Å². The molecular formula is C9H19N5. The Labute approximate surface area is 84.9 Å². The van der Waals surface area contributed by atoms with Crippen molar-refractivity contribution in [2.45, 2.75) is 18.9 Å². The fraction of sp³-hybridized carbons (Fsp3) is 0.889. The number of nitrogens with zero attached hydrogens (tertiary/aromatic N) is 3. The highest BCUT2D eigenvalue weighted by Gasteiger charge is 2.21. The van der Waals surface area contributed by atoms with E-state index in [0.29, 0.717) is 12.0 Å². The molecule has 0 aromatic carbocycles. The van der Waals surface area contributed by atoms with Crippen LogP contribution < -0.4 is 11.2 Å². The van der Waals surface area contributed by atoms with Crippen LogP contribution in [0.2, 0.25) is 0 Å². The normalized spacial score (nSPS) is 26.5. The summed E-state index contributed by atoms with van der Waals surface area (Å²) in [5.74, 6) is 0.581. The first-order valence-electron chi connectivity index (χ1n) is 5.27. The van der Waals surface area contributed by atoms with Crippen LogP contribution in [0.25, 0.3) is 0 Å². The molecule has 5 nitrogen and oxygen atoms in total. The predicted molar refractivity (Wildman–Crippen MR) is 56.9 cm³/mol. The van der Waals surface area contributed by atoms with Crippen molar-refractivity contribution >= 4 is 5.96 Å². The molecule has 0 amide bonds. The molecule has 0 aromatic rings. The van der Waals surface area contributed by atoms with Crippen molar-refractivity contribution in [2.24, 2.45) is 10.7 Å². The lowest BCUT2D eigenvalue weighted by atomic mass is 10.4. The number of nitrogens with one attached hydrogen (secondary N) is 1. The quantitative estimate of drug-likeness (QED) is 0.450. The lowest BCUT2D eigenvalue weighted by Gasteiger charge is -2.32. The SMILES string of the molecule is CN1CCN(NC(N)=NC2CC2)CC1. The number of aliphatic imine (C=N–C) groups is 1. The molecule has 0 radical (unpaired) electrons. The van der Waals surface area contributed by atoms with Crippen LogP contribution in [0.4, 0.5) is 0 Å². The molecule has 1 saturated heterocycles. The minimum Gasteiger partial charge on any atom is -0.369 e. The fourth-order valence-electron chi connectivity index (χ4n) is 1.51. The zero-order chi connectivity index (χ0) is 9.97. The highest BCUT2D eigenvalue weighted by atomic mass is 15.6. The Bertz CT molecular complexity index is 215. The summed E-state index contributed by atoms with van der Waals surface area (Å²) in [6.45, 7) is 4.20. The van der Waals surface area contributed by atoms with Crippen LogP contribution >= 0.6 is 0 Å². The molecule has 2 rings (SSSR count). The van der Waals surface area contributed by atoms with E-state index in [9.17, 15) is 0 Å². The van der Waals surface area contributed by atoms with Crippen LogP contribution in [-0.4, -0.2) is 55.1 Å². The van der Waals surface area contributed by atoms with Crippen LogP contribution in [0, 0.1) is 0 Å². The van der Waals surface area contributed by atoms with Crippen LogP contribution in [-0.2, 0) is 0 Å². The average Bonchev–Trinajstić information content (AvgIpc) is 2.93. The average molecular weight is 197 g/mol. The van der Waals surface area contributed by atoms with E-state index in [2.05, 4.69) is 27.4 Å². The van der Waals surface area contributed by atoms with Crippen LogP contribution in [0.3, 0.4) is 0 Å². The molecule has 0 unspecified atom stereocenters. The number of guanidine groups is 1. The van der Waals surface area contributed by atoms with Gasteiger partial charge in [0.1, 0.15) is 0 Å². The molecule has 1 aliphatic heterocycles. The van der Waals surface area contributed by atoms with Gasteiger partial charge in [0.15, 0.2) is 0 Å². The second-order valence-electron chi connectivity index (χ2n) is 4.15. The van der Waals surface area contributed by atoms with Gasteiger partial charge in [-0.15, -0.1) is 0 Å². The van der Waals surface area contributed by atoms with Gasteiger partial charge in [0, 0.05) is 26.2 Å². The summed E-state index contributed by atoms with van der Waals surface area (Å²) >= 11 is 0. The van der Waals surface area contributed by atoms with Gasteiger partial charge < -0.3 is 10.6 Å². The molecule has 1 aliphatic carbocycles. The molecule has 0 atom stereocenters. The lowest BCUT2D eigenvalue weighted by Crippen LogP contribution is -2.54.